The van der Waals surface area contributed by atoms with Crippen LogP contribution >= 0.6 is 0 Å². The molecule has 5 aromatic rings. The van der Waals surface area contributed by atoms with E-state index in [0.717, 1.165) is 51.0 Å². The second-order valence-electron chi connectivity index (χ2n) is 6.71. The van der Waals surface area contributed by atoms with Gasteiger partial charge in [0.15, 0.2) is 0 Å². The highest BCUT2D eigenvalue weighted by Gasteiger charge is 2.19. The van der Waals surface area contributed by atoms with Crippen LogP contribution in [0.2, 0.25) is 0 Å². The second-order valence-corrected chi connectivity index (χ2v) is 6.71. The van der Waals surface area contributed by atoms with Crippen molar-refractivity contribution < 1.29 is 4.42 Å². The van der Waals surface area contributed by atoms with Gasteiger partial charge in [0.25, 0.3) is 0 Å². The molecular weight excluding hydrogens is 322 g/mol. The Labute approximate surface area is 151 Å². The van der Waals surface area contributed by atoms with E-state index in [4.69, 9.17) is 9.40 Å². The molecule has 3 aromatic heterocycles. The first-order valence-electron chi connectivity index (χ1n) is 8.92. The van der Waals surface area contributed by atoms with Gasteiger partial charge in [0.1, 0.15) is 11.4 Å². The van der Waals surface area contributed by atoms with Gasteiger partial charge in [-0.1, -0.05) is 18.2 Å². The van der Waals surface area contributed by atoms with Crippen molar-refractivity contribution in [3.05, 3.63) is 59.8 Å². The molecule has 2 aromatic carbocycles. The number of aryl methyl sites for hydroxylation is 3. The van der Waals surface area contributed by atoms with Gasteiger partial charge in [-0.2, -0.15) is 0 Å². The molecule has 0 aliphatic rings. The van der Waals surface area contributed by atoms with Crippen molar-refractivity contribution in [2.75, 3.05) is 0 Å². The Morgan fingerprint density at radius 1 is 0.962 bits per heavy atom. The molecule has 128 valence electrons. The van der Waals surface area contributed by atoms with Crippen molar-refractivity contribution in [2.45, 2.75) is 27.3 Å². The number of hydrogen-bond acceptors (Lipinski definition) is 3. The fourth-order valence-corrected chi connectivity index (χ4v) is 3.80. The van der Waals surface area contributed by atoms with Gasteiger partial charge in [-0.3, -0.25) is 0 Å². The highest BCUT2D eigenvalue weighted by molar-refractivity contribution is 6.10. The van der Waals surface area contributed by atoms with Crippen LogP contribution in [0.3, 0.4) is 0 Å². The lowest BCUT2D eigenvalue weighted by molar-refractivity contribution is 0.652. The van der Waals surface area contributed by atoms with Crippen molar-refractivity contribution >= 4 is 33.1 Å². The lowest BCUT2D eigenvalue weighted by Gasteiger charge is -2.07. The number of imidazole rings is 1. The SMILES string of the molecule is CCn1c(-c2ccc(C)c3c2oc2nc(C)ccc23)nc2ccccc21. The Bertz CT molecular complexity index is 1290. The maximum Gasteiger partial charge on any atom is 0.227 e. The van der Waals surface area contributed by atoms with Crippen molar-refractivity contribution in [3.8, 4) is 11.4 Å². The number of aromatic nitrogens is 3. The molecule has 0 fully saturated rings. The summed E-state index contributed by atoms with van der Waals surface area (Å²) in [6.07, 6.45) is 0. The highest BCUT2D eigenvalue weighted by atomic mass is 16.3. The number of nitrogens with zero attached hydrogens (tertiary/aromatic N) is 3. The molecule has 0 saturated heterocycles. The third kappa shape index (κ3) is 2.02. The molecule has 0 N–H and O–H groups in total. The maximum atomic E-state index is 6.23. The van der Waals surface area contributed by atoms with E-state index in [-0.39, 0.29) is 0 Å². The first kappa shape index (κ1) is 15.1. The number of furan rings is 1. The van der Waals surface area contributed by atoms with E-state index in [2.05, 4.69) is 59.8 Å². The van der Waals surface area contributed by atoms with E-state index >= 15 is 0 Å². The molecule has 0 aliphatic carbocycles. The van der Waals surface area contributed by atoms with Crippen LogP contribution < -0.4 is 0 Å². The zero-order valence-corrected chi connectivity index (χ0v) is 15.1. The Balaban J connectivity index is 1.91. The summed E-state index contributed by atoms with van der Waals surface area (Å²) in [4.78, 5) is 9.48. The molecular formula is C22H19N3O. The number of pyridine rings is 1. The van der Waals surface area contributed by atoms with Gasteiger partial charge in [0.2, 0.25) is 5.71 Å². The van der Waals surface area contributed by atoms with Crippen LogP contribution in [0.25, 0.3) is 44.5 Å². The standard InChI is InChI=1S/C22H19N3O/c1-4-25-18-8-6-5-7-17(18)24-21(25)16-11-9-13(2)19-15-12-10-14(3)23-22(15)26-20(16)19/h5-12H,4H2,1-3H3. The zero-order chi connectivity index (χ0) is 17.8. The highest BCUT2D eigenvalue weighted by Crippen LogP contribution is 2.37. The van der Waals surface area contributed by atoms with E-state index in [1.54, 1.807) is 0 Å². The minimum Gasteiger partial charge on any atom is -0.437 e. The molecule has 3 heterocycles. The molecule has 26 heavy (non-hydrogen) atoms. The zero-order valence-electron chi connectivity index (χ0n) is 15.1. The Hall–Kier alpha value is -3.14. The summed E-state index contributed by atoms with van der Waals surface area (Å²) in [6, 6.07) is 16.6. The predicted molar refractivity (Wildman–Crippen MR) is 105 cm³/mol. The van der Waals surface area contributed by atoms with Crippen LogP contribution in [-0.4, -0.2) is 14.5 Å². The first-order valence-corrected chi connectivity index (χ1v) is 8.92. The van der Waals surface area contributed by atoms with E-state index in [9.17, 15) is 0 Å². The molecule has 0 radical (unpaired) electrons. The van der Waals surface area contributed by atoms with Gasteiger partial charge >= 0.3 is 0 Å². The number of para-hydroxylation sites is 2. The molecule has 4 heteroatoms. The largest absolute Gasteiger partial charge is 0.437 e. The van der Waals surface area contributed by atoms with Crippen molar-refractivity contribution in [1.82, 2.24) is 14.5 Å². The predicted octanol–water partition coefficient (Wildman–Crippen LogP) is 5.63. The Morgan fingerprint density at radius 3 is 2.65 bits per heavy atom. The topological polar surface area (TPSA) is 43.9 Å². The summed E-state index contributed by atoms with van der Waals surface area (Å²) in [5.41, 5.74) is 6.85. The normalized spacial score (nSPS) is 11.8. The van der Waals surface area contributed by atoms with Gasteiger partial charge in [0.05, 0.1) is 16.6 Å². The van der Waals surface area contributed by atoms with Crippen molar-refractivity contribution in [2.24, 2.45) is 0 Å². The summed E-state index contributed by atoms with van der Waals surface area (Å²) in [5, 5.41) is 2.18. The van der Waals surface area contributed by atoms with Crippen molar-refractivity contribution in [1.29, 1.82) is 0 Å². The number of hydrogen-bond donors (Lipinski definition) is 0. The summed E-state index contributed by atoms with van der Waals surface area (Å²) in [6.45, 7) is 7.09. The summed E-state index contributed by atoms with van der Waals surface area (Å²) < 4.78 is 8.47. The lowest BCUT2D eigenvalue weighted by Crippen LogP contribution is -1.97. The molecule has 0 atom stereocenters. The van der Waals surface area contributed by atoms with E-state index in [1.807, 2.05) is 19.1 Å². The Kier molecular flexibility index (Phi) is 3.16. The van der Waals surface area contributed by atoms with Crippen LogP contribution in [-0.2, 0) is 6.54 Å². The van der Waals surface area contributed by atoms with Gasteiger partial charge < -0.3 is 8.98 Å². The summed E-state index contributed by atoms with van der Waals surface area (Å²) in [7, 11) is 0. The summed E-state index contributed by atoms with van der Waals surface area (Å²) >= 11 is 0. The van der Waals surface area contributed by atoms with Crippen LogP contribution in [0.15, 0.2) is 52.9 Å². The fraction of sp³-hybridized carbons (Fsp3) is 0.182. The third-order valence-corrected chi connectivity index (χ3v) is 5.05. The molecule has 0 spiro atoms. The molecule has 0 saturated carbocycles. The smallest absolute Gasteiger partial charge is 0.227 e. The minimum absolute atomic E-state index is 0.690. The molecule has 0 aliphatic heterocycles. The maximum absolute atomic E-state index is 6.23. The second kappa shape index (κ2) is 5.43. The molecule has 0 unspecified atom stereocenters. The van der Waals surface area contributed by atoms with Crippen LogP contribution in [0.1, 0.15) is 18.2 Å². The number of benzene rings is 2. The monoisotopic (exact) mass is 341 g/mol. The molecule has 0 bridgehead atoms. The van der Waals surface area contributed by atoms with E-state index < -0.39 is 0 Å². The van der Waals surface area contributed by atoms with Crippen LogP contribution in [0.5, 0.6) is 0 Å². The van der Waals surface area contributed by atoms with Gasteiger partial charge in [0, 0.05) is 23.0 Å². The van der Waals surface area contributed by atoms with Gasteiger partial charge in [-0.25, -0.2) is 9.97 Å². The fourth-order valence-electron chi connectivity index (χ4n) is 3.80. The average Bonchev–Trinajstić information content (AvgIpc) is 3.20. The molecule has 4 nitrogen and oxygen atoms in total. The lowest BCUT2D eigenvalue weighted by atomic mass is 10.0. The molecule has 5 rings (SSSR count). The quantitative estimate of drug-likeness (QED) is 0.418. The third-order valence-electron chi connectivity index (χ3n) is 5.05. The van der Waals surface area contributed by atoms with Gasteiger partial charge in [-0.05, 0) is 56.7 Å². The average molecular weight is 341 g/mol. The van der Waals surface area contributed by atoms with E-state index in [0.29, 0.717) is 5.71 Å². The number of fused-ring (bicyclic) bond motifs is 4. The van der Waals surface area contributed by atoms with Crippen LogP contribution in [0, 0.1) is 13.8 Å². The summed E-state index contributed by atoms with van der Waals surface area (Å²) in [5.74, 6) is 0.939. The molecule has 0 amide bonds. The van der Waals surface area contributed by atoms with E-state index in [1.165, 1.54) is 5.56 Å². The van der Waals surface area contributed by atoms with Gasteiger partial charge in [-0.15, -0.1) is 0 Å². The minimum atomic E-state index is 0.690. The first-order chi connectivity index (χ1) is 12.7. The van der Waals surface area contributed by atoms with Crippen LogP contribution in [0.4, 0.5) is 0 Å². The number of rotatable bonds is 2. The Morgan fingerprint density at radius 2 is 1.81 bits per heavy atom. The van der Waals surface area contributed by atoms with Crippen molar-refractivity contribution in [3.63, 3.8) is 0 Å².